The zero-order valence-electron chi connectivity index (χ0n) is 13.8. The molecule has 0 spiro atoms. The van der Waals surface area contributed by atoms with Crippen LogP contribution < -0.4 is 5.32 Å². The topological polar surface area (TPSA) is 32.3 Å². The summed E-state index contributed by atoms with van der Waals surface area (Å²) >= 11 is 0. The summed E-state index contributed by atoms with van der Waals surface area (Å²) in [6.45, 7) is 6.39. The highest BCUT2D eigenvalue weighted by atomic mass is 16.3. The van der Waals surface area contributed by atoms with Gasteiger partial charge in [-0.2, -0.15) is 0 Å². The van der Waals surface area contributed by atoms with Crippen molar-refractivity contribution in [3.63, 3.8) is 0 Å². The average molecular weight is 297 g/mol. The normalized spacial score (nSPS) is 13.3. The number of nitrogens with one attached hydrogen (secondary N) is 1. The molecular formula is C20H27NO. The number of aliphatic hydroxyl groups excluding tert-OH is 1. The molecule has 2 aromatic rings. The lowest BCUT2D eigenvalue weighted by Crippen LogP contribution is -2.47. The molecule has 0 aromatic heterocycles. The van der Waals surface area contributed by atoms with E-state index in [1.165, 1.54) is 11.1 Å². The Kier molecular flexibility index (Phi) is 5.76. The number of hydrogen-bond acceptors (Lipinski definition) is 2. The van der Waals surface area contributed by atoms with Gasteiger partial charge in [0.05, 0.1) is 6.61 Å². The van der Waals surface area contributed by atoms with Crippen molar-refractivity contribution in [2.75, 3.05) is 6.61 Å². The quantitative estimate of drug-likeness (QED) is 0.811. The first-order valence-electron chi connectivity index (χ1n) is 8.00. The largest absolute Gasteiger partial charge is 0.394 e. The van der Waals surface area contributed by atoms with Gasteiger partial charge in [-0.05, 0) is 38.3 Å². The SMILES string of the molecule is C[C@@H](CC(c1ccccc1)c1ccccc1)NC(C)(C)CO. The van der Waals surface area contributed by atoms with E-state index in [4.69, 9.17) is 0 Å². The van der Waals surface area contributed by atoms with Gasteiger partial charge in [0.15, 0.2) is 0 Å². The molecule has 22 heavy (non-hydrogen) atoms. The second kappa shape index (κ2) is 7.57. The van der Waals surface area contributed by atoms with E-state index in [1.807, 2.05) is 13.8 Å². The van der Waals surface area contributed by atoms with Gasteiger partial charge in [0.1, 0.15) is 0 Å². The first-order chi connectivity index (χ1) is 10.5. The van der Waals surface area contributed by atoms with E-state index in [0.29, 0.717) is 12.0 Å². The minimum Gasteiger partial charge on any atom is -0.394 e. The number of benzene rings is 2. The maximum absolute atomic E-state index is 9.45. The van der Waals surface area contributed by atoms with Crippen molar-refractivity contribution in [3.05, 3.63) is 71.8 Å². The highest BCUT2D eigenvalue weighted by Crippen LogP contribution is 2.29. The van der Waals surface area contributed by atoms with Crippen molar-refractivity contribution >= 4 is 0 Å². The molecule has 0 radical (unpaired) electrons. The van der Waals surface area contributed by atoms with Crippen LogP contribution in [-0.2, 0) is 0 Å². The highest BCUT2D eigenvalue weighted by molar-refractivity contribution is 5.32. The molecule has 0 aliphatic carbocycles. The molecule has 0 aliphatic heterocycles. The molecular weight excluding hydrogens is 270 g/mol. The van der Waals surface area contributed by atoms with Crippen molar-refractivity contribution in [1.82, 2.24) is 5.32 Å². The van der Waals surface area contributed by atoms with Crippen LogP contribution in [0.15, 0.2) is 60.7 Å². The van der Waals surface area contributed by atoms with Crippen molar-refractivity contribution in [1.29, 1.82) is 0 Å². The molecule has 1 atom stereocenters. The minimum atomic E-state index is -0.253. The van der Waals surface area contributed by atoms with Gasteiger partial charge in [0.2, 0.25) is 0 Å². The molecule has 0 aliphatic rings. The average Bonchev–Trinajstić information content (AvgIpc) is 2.54. The molecule has 2 heteroatoms. The Morgan fingerprint density at radius 1 is 0.909 bits per heavy atom. The first kappa shape index (κ1) is 16.7. The van der Waals surface area contributed by atoms with E-state index in [2.05, 4.69) is 72.9 Å². The van der Waals surface area contributed by atoms with Gasteiger partial charge < -0.3 is 10.4 Å². The maximum Gasteiger partial charge on any atom is 0.0607 e. The minimum absolute atomic E-state index is 0.138. The van der Waals surface area contributed by atoms with Gasteiger partial charge >= 0.3 is 0 Å². The van der Waals surface area contributed by atoms with Crippen molar-refractivity contribution in [2.45, 2.75) is 44.7 Å². The van der Waals surface area contributed by atoms with Crippen LogP contribution in [0.3, 0.4) is 0 Å². The molecule has 0 fully saturated rings. The maximum atomic E-state index is 9.45. The molecule has 0 amide bonds. The predicted octanol–water partition coefficient (Wildman–Crippen LogP) is 3.96. The second-order valence-electron chi connectivity index (χ2n) is 6.70. The van der Waals surface area contributed by atoms with Crippen molar-refractivity contribution in [2.24, 2.45) is 0 Å². The second-order valence-corrected chi connectivity index (χ2v) is 6.70. The summed E-state index contributed by atoms with van der Waals surface area (Å²) in [6.07, 6.45) is 0.997. The molecule has 0 unspecified atom stereocenters. The van der Waals surface area contributed by atoms with E-state index in [9.17, 15) is 5.11 Å². The van der Waals surface area contributed by atoms with Crippen LogP contribution in [0.5, 0.6) is 0 Å². The summed E-state index contributed by atoms with van der Waals surface area (Å²) in [4.78, 5) is 0. The van der Waals surface area contributed by atoms with Crippen LogP contribution in [0.4, 0.5) is 0 Å². The fourth-order valence-corrected chi connectivity index (χ4v) is 2.96. The van der Waals surface area contributed by atoms with Crippen molar-refractivity contribution in [3.8, 4) is 0 Å². The summed E-state index contributed by atoms with van der Waals surface area (Å²) in [5.41, 5.74) is 2.42. The van der Waals surface area contributed by atoms with Gasteiger partial charge in [0.25, 0.3) is 0 Å². The number of hydrogen-bond donors (Lipinski definition) is 2. The Balaban J connectivity index is 2.19. The third-order valence-electron chi connectivity index (χ3n) is 4.03. The van der Waals surface area contributed by atoms with Crippen LogP contribution in [0.25, 0.3) is 0 Å². The van der Waals surface area contributed by atoms with Gasteiger partial charge in [0, 0.05) is 17.5 Å². The zero-order valence-corrected chi connectivity index (χ0v) is 13.8. The van der Waals surface area contributed by atoms with Gasteiger partial charge in [-0.15, -0.1) is 0 Å². The monoisotopic (exact) mass is 297 g/mol. The number of aliphatic hydroxyl groups is 1. The Labute approximate surface area is 134 Å². The van der Waals surface area contributed by atoms with E-state index in [0.717, 1.165) is 6.42 Å². The van der Waals surface area contributed by atoms with Gasteiger partial charge in [-0.3, -0.25) is 0 Å². The Bertz CT molecular complexity index is 511. The number of rotatable bonds is 7. The molecule has 2 rings (SSSR count). The zero-order chi connectivity index (χ0) is 16.0. The van der Waals surface area contributed by atoms with Crippen LogP contribution >= 0.6 is 0 Å². The lowest BCUT2D eigenvalue weighted by Gasteiger charge is -2.31. The standard InChI is InChI=1S/C20H27NO/c1-16(21-20(2,3)15-22)14-19(17-10-6-4-7-11-17)18-12-8-5-9-13-18/h4-13,16,19,21-22H,14-15H2,1-3H3/t16-/m0/s1. The van der Waals surface area contributed by atoms with Crippen LogP contribution in [0, 0.1) is 0 Å². The third kappa shape index (κ3) is 4.69. The summed E-state index contributed by atoms with van der Waals surface area (Å²) in [5.74, 6) is 0.361. The predicted molar refractivity (Wildman–Crippen MR) is 93.1 cm³/mol. The smallest absolute Gasteiger partial charge is 0.0607 e. The summed E-state index contributed by atoms with van der Waals surface area (Å²) in [6, 6.07) is 21.6. The molecule has 0 saturated heterocycles. The van der Waals surface area contributed by atoms with Crippen LogP contribution in [0.2, 0.25) is 0 Å². The van der Waals surface area contributed by atoms with E-state index in [-0.39, 0.29) is 12.1 Å². The van der Waals surface area contributed by atoms with E-state index >= 15 is 0 Å². The first-order valence-corrected chi connectivity index (χ1v) is 8.00. The summed E-state index contributed by atoms with van der Waals surface area (Å²) < 4.78 is 0. The molecule has 0 saturated carbocycles. The van der Waals surface area contributed by atoms with Gasteiger partial charge in [-0.1, -0.05) is 60.7 Å². The van der Waals surface area contributed by atoms with E-state index in [1.54, 1.807) is 0 Å². The summed E-state index contributed by atoms with van der Waals surface area (Å²) in [7, 11) is 0. The lowest BCUT2D eigenvalue weighted by atomic mass is 9.86. The summed E-state index contributed by atoms with van der Waals surface area (Å²) in [5, 5.41) is 13.0. The van der Waals surface area contributed by atoms with Gasteiger partial charge in [-0.25, -0.2) is 0 Å². The lowest BCUT2D eigenvalue weighted by molar-refractivity contribution is 0.175. The van der Waals surface area contributed by atoms with Crippen LogP contribution in [0.1, 0.15) is 44.2 Å². The fourth-order valence-electron chi connectivity index (χ4n) is 2.96. The molecule has 2 aromatic carbocycles. The highest BCUT2D eigenvalue weighted by Gasteiger charge is 2.22. The Morgan fingerprint density at radius 2 is 1.36 bits per heavy atom. The van der Waals surface area contributed by atoms with Crippen LogP contribution in [-0.4, -0.2) is 23.3 Å². The fraction of sp³-hybridized carbons (Fsp3) is 0.400. The van der Waals surface area contributed by atoms with Crippen molar-refractivity contribution < 1.29 is 5.11 Å². The Morgan fingerprint density at radius 3 is 1.77 bits per heavy atom. The molecule has 0 heterocycles. The molecule has 2 N–H and O–H groups in total. The third-order valence-corrected chi connectivity index (χ3v) is 4.03. The van der Waals surface area contributed by atoms with E-state index < -0.39 is 0 Å². The Hall–Kier alpha value is -1.64. The molecule has 118 valence electrons. The molecule has 0 bridgehead atoms. The molecule has 2 nitrogen and oxygen atoms in total.